The van der Waals surface area contributed by atoms with Crippen molar-refractivity contribution >= 4 is 70.9 Å². The molecule has 2 aliphatic heterocycles. The molecule has 18 N–H and O–H groups in total. The van der Waals surface area contributed by atoms with E-state index in [2.05, 4.69) is 51.1 Å². The van der Waals surface area contributed by atoms with Crippen molar-refractivity contribution in [2.45, 2.75) is 190 Å². The first kappa shape index (κ1) is 64.9. The molecule has 9 atom stereocenters. The molecule has 12 amide bonds. The molecule has 0 bridgehead atoms. The van der Waals surface area contributed by atoms with E-state index in [1.54, 1.807) is 0 Å². The molecular weight excluding hydrogens is 1020 g/mol. The van der Waals surface area contributed by atoms with E-state index in [4.69, 9.17) is 22.9 Å². The average molecular weight is 1100 g/mol. The minimum absolute atomic E-state index is 0.161. The summed E-state index contributed by atoms with van der Waals surface area (Å²) in [6.07, 6.45) is 3.35. The van der Waals surface area contributed by atoms with Crippen molar-refractivity contribution in [3.63, 3.8) is 0 Å². The summed E-state index contributed by atoms with van der Waals surface area (Å²) in [4.78, 5) is 162. The third kappa shape index (κ3) is 23.4. The molecule has 27 nitrogen and oxygen atoms in total. The fourth-order valence-electron chi connectivity index (χ4n) is 9.09. The SMILES string of the molecule is CC(C)CCCCCCCCCCCC1CC(=O)NC(CC(N)=O)C(=O)NC(Cc2ccc(O)cc2)C(=O)NC(CC(N)=O)C(=O)NC(CCC(N)=O)C(=O)N2CC(O)CC2C(=O)NC(CC(N)=O)C(=O)NC(CO)C(=O)N1. The smallest absolute Gasteiger partial charge is 0.245 e. The number of unbranched alkanes of at least 4 members (excludes halogenated alkanes) is 8. The van der Waals surface area contributed by atoms with Gasteiger partial charge in [-0.2, -0.15) is 0 Å². The zero-order valence-electron chi connectivity index (χ0n) is 44.4. The second-order valence-electron chi connectivity index (χ2n) is 20.5. The van der Waals surface area contributed by atoms with Crippen LogP contribution in [0.15, 0.2) is 24.3 Å². The molecule has 1 aromatic rings. The average Bonchev–Trinajstić information content (AvgIpc) is 3.76. The van der Waals surface area contributed by atoms with Gasteiger partial charge in [-0.25, -0.2) is 0 Å². The molecule has 2 fully saturated rings. The van der Waals surface area contributed by atoms with E-state index < -0.39 is 183 Å². The van der Waals surface area contributed by atoms with Crippen molar-refractivity contribution in [3.05, 3.63) is 29.8 Å². The molecule has 0 aliphatic carbocycles. The Bertz CT molecular complexity index is 2270. The fraction of sp³-hybridized carbons (Fsp3) is 0.647. The number of primary amides is 4. The van der Waals surface area contributed by atoms with Gasteiger partial charge in [0.2, 0.25) is 70.9 Å². The molecule has 27 heteroatoms. The summed E-state index contributed by atoms with van der Waals surface area (Å²) < 4.78 is 0. The molecule has 1 aromatic carbocycles. The maximum absolute atomic E-state index is 14.3. The zero-order chi connectivity index (χ0) is 58.1. The third-order valence-corrected chi connectivity index (χ3v) is 13.2. The molecule has 2 aliphatic rings. The lowest BCUT2D eigenvalue weighted by Gasteiger charge is -2.30. The minimum Gasteiger partial charge on any atom is -0.508 e. The van der Waals surface area contributed by atoms with Gasteiger partial charge in [0, 0.05) is 38.3 Å². The topological polar surface area (TPSA) is 457 Å². The van der Waals surface area contributed by atoms with E-state index in [1.807, 2.05) is 0 Å². The van der Waals surface area contributed by atoms with Gasteiger partial charge in [-0.05, 0) is 36.5 Å². The maximum atomic E-state index is 14.3. The Kier molecular flexibility index (Phi) is 27.4. The van der Waals surface area contributed by atoms with Gasteiger partial charge in [0.15, 0.2) is 0 Å². The van der Waals surface area contributed by atoms with Crippen molar-refractivity contribution in [3.8, 4) is 5.75 Å². The van der Waals surface area contributed by atoms with E-state index >= 15 is 0 Å². The minimum atomic E-state index is -1.91. The number of amides is 12. The number of phenols is 1. The third-order valence-electron chi connectivity index (χ3n) is 13.2. The molecule has 78 heavy (non-hydrogen) atoms. The van der Waals surface area contributed by atoms with Crippen LogP contribution in [0.1, 0.15) is 135 Å². The van der Waals surface area contributed by atoms with Crippen LogP contribution in [0.3, 0.4) is 0 Å². The number of rotatable bonds is 24. The van der Waals surface area contributed by atoms with Crippen molar-refractivity contribution in [2.24, 2.45) is 28.9 Å². The molecule has 0 radical (unpaired) electrons. The summed E-state index contributed by atoms with van der Waals surface area (Å²) in [6, 6.07) is -8.08. The van der Waals surface area contributed by atoms with Gasteiger partial charge in [0.25, 0.3) is 0 Å². The maximum Gasteiger partial charge on any atom is 0.245 e. The van der Waals surface area contributed by atoms with Crippen molar-refractivity contribution in [2.75, 3.05) is 13.2 Å². The quantitative estimate of drug-likeness (QED) is 0.0447. The summed E-state index contributed by atoms with van der Waals surface area (Å²) in [7, 11) is 0. The number of hydrogen-bond acceptors (Lipinski definition) is 15. The van der Waals surface area contributed by atoms with E-state index in [0.29, 0.717) is 24.3 Å². The highest BCUT2D eigenvalue weighted by Gasteiger charge is 2.44. The lowest BCUT2D eigenvalue weighted by Crippen LogP contribution is -2.60. The first-order chi connectivity index (χ1) is 36.9. The molecule has 2 heterocycles. The number of carbonyl (C=O) groups is 12. The number of benzene rings is 1. The van der Waals surface area contributed by atoms with Crippen LogP contribution in [0.25, 0.3) is 0 Å². The fourth-order valence-corrected chi connectivity index (χ4v) is 9.09. The number of aromatic hydroxyl groups is 1. The predicted octanol–water partition coefficient (Wildman–Crippen LogP) is -3.48. The van der Waals surface area contributed by atoms with Crippen LogP contribution in [0, 0.1) is 5.92 Å². The molecule has 434 valence electrons. The Morgan fingerprint density at radius 3 is 1.53 bits per heavy atom. The van der Waals surface area contributed by atoms with Gasteiger partial charge in [0.05, 0.1) is 32.0 Å². The molecule has 0 aromatic heterocycles. The molecule has 9 unspecified atom stereocenters. The van der Waals surface area contributed by atoms with Gasteiger partial charge < -0.3 is 80.4 Å². The number of nitrogens with one attached hydrogen (secondary N) is 7. The van der Waals surface area contributed by atoms with E-state index in [1.165, 1.54) is 37.1 Å². The first-order valence-electron chi connectivity index (χ1n) is 26.5. The van der Waals surface area contributed by atoms with Crippen molar-refractivity contribution in [1.29, 1.82) is 0 Å². The number of aliphatic hydroxyl groups excluding tert-OH is 2. The Labute approximate surface area is 452 Å². The number of fused-ring (bicyclic) bond motifs is 1. The number of aliphatic hydroxyl groups is 2. The summed E-state index contributed by atoms with van der Waals surface area (Å²) in [5.74, 6) is -12.7. The second-order valence-corrected chi connectivity index (χ2v) is 20.5. The van der Waals surface area contributed by atoms with E-state index in [9.17, 15) is 72.9 Å². The van der Waals surface area contributed by atoms with Gasteiger partial charge >= 0.3 is 0 Å². The van der Waals surface area contributed by atoms with Crippen LogP contribution in [0.2, 0.25) is 0 Å². The Balaban J connectivity index is 2.10. The Morgan fingerprint density at radius 2 is 1.01 bits per heavy atom. The van der Waals surface area contributed by atoms with Crippen molar-refractivity contribution < 1.29 is 72.9 Å². The molecule has 3 rings (SSSR count). The molecule has 0 saturated carbocycles. The zero-order valence-corrected chi connectivity index (χ0v) is 44.4. The Hall–Kier alpha value is -7.42. The van der Waals surface area contributed by atoms with Crippen LogP contribution >= 0.6 is 0 Å². The number of nitrogens with two attached hydrogens (primary N) is 4. The monoisotopic (exact) mass is 1100 g/mol. The van der Waals surface area contributed by atoms with E-state index in [-0.39, 0.29) is 18.6 Å². The first-order valence-corrected chi connectivity index (χ1v) is 26.5. The summed E-state index contributed by atoms with van der Waals surface area (Å²) in [5.41, 5.74) is 22.1. The van der Waals surface area contributed by atoms with Crippen molar-refractivity contribution in [1.82, 2.24) is 42.1 Å². The molecule has 2 saturated heterocycles. The highest BCUT2D eigenvalue weighted by atomic mass is 16.3. The predicted molar refractivity (Wildman–Crippen MR) is 279 cm³/mol. The lowest BCUT2D eigenvalue weighted by molar-refractivity contribution is -0.143. The van der Waals surface area contributed by atoms with Gasteiger partial charge in [-0.15, -0.1) is 0 Å². The van der Waals surface area contributed by atoms with E-state index in [0.717, 1.165) is 43.4 Å². The largest absolute Gasteiger partial charge is 0.508 e. The normalized spacial score (nSPS) is 24.5. The van der Waals surface area contributed by atoms with Gasteiger partial charge in [-0.1, -0.05) is 90.2 Å². The molecule has 0 spiro atoms. The number of nitrogens with zero attached hydrogens (tertiary/aromatic N) is 1. The standard InChI is InChI=1S/C51H80N12O15/c1-28(2)12-10-8-6-4-3-5-7-9-11-13-30-21-44(71)57-35(23-41(53)68)46(73)59-34(20-29-14-16-31(65)17-15-29)45(72)60-36(24-42(54)69)47(74)58-33(18-19-40(52)67)51(78)63-26-32(66)22-39(63)50(77)61-37(25-43(55)70)48(75)62-38(27-64)49(76)56-30/h14-17,28,30,32-39,64-66H,3-13,18-27H2,1-2H3,(H2,52,67)(H2,53,68)(H2,54,69)(H2,55,70)(H,56,76)(H,57,71)(H,58,74)(H,59,73)(H,60,72)(H,61,77)(H,62,75). The lowest BCUT2D eigenvalue weighted by atomic mass is 10.0. The second kappa shape index (κ2) is 33.0. The van der Waals surface area contributed by atoms with Gasteiger partial charge in [0.1, 0.15) is 48.0 Å². The summed E-state index contributed by atoms with van der Waals surface area (Å²) in [6.45, 7) is 2.80. The number of phenolic OH excluding ortho intramolecular Hbond substituents is 1. The van der Waals surface area contributed by atoms with Gasteiger partial charge in [-0.3, -0.25) is 57.5 Å². The van der Waals surface area contributed by atoms with Crippen LogP contribution in [0.5, 0.6) is 5.75 Å². The number of carbonyl (C=O) groups excluding carboxylic acids is 12. The Morgan fingerprint density at radius 1 is 0.564 bits per heavy atom. The van der Waals surface area contributed by atoms with Crippen LogP contribution in [-0.2, 0) is 64.0 Å². The highest BCUT2D eigenvalue weighted by Crippen LogP contribution is 2.22. The summed E-state index contributed by atoms with van der Waals surface area (Å²) >= 11 is 0. The van der Waals surface area contributed by atoms with Crippen LogP contribution in [0.4, 0.5) is 0 Å². The number of hydrogen-bond donors (Lipinski definition) is 14. The molecular formula is C51H80N12O15. The van der Waals surface area contributed by atoms with Crippen LogP contribution < -0.4 is 60.2 Å². The summed E-state index contributed by atoms with van der Waals surface area (Å²) in [5, 5.41) is 47.8. The highest BCUT2D eigenvalue weighted by molar-refractivity contribution is 6.00. The van der Waals surface area contributed by atoms with Crippen LogP contribution in [-0.4, -0.2) is 159 Å².